The molecule has 0 aromatic heterocycles. The van der Waals surface area contributed by atoms with Crippen molar-refractivity contribution in [3.8, 4) is 0 Å². The minimum Gasteiger partial charge on any atom is -0.300 e. The van der Waals surface area contributed by atoms with Crippen molar-refractivity contribution in [2.24, 2.45) is 4.99 Å². The van der Waals surface area contributed by atoms with E-state index in [0.29, 0.717) is 0 Å². The van der Waals surface area contributed by atoms with Gasteiger partial charge in [0.15, 0.2) is 0 Å². The maximum atomic E-state index is 10.5. The number of carbonyl (C=O) groups excluding carboxylic acids is 2. The molecule has 0 bridgehead atoms. The summed E-state index contributed by atoms with van der Waals surface area (Å²) in [4.78, 5) is 23.5. The van der Waals surface area contributed by atoms with E-state index in [0.717, 1.165) is 0 Å². The highest BCUT2D eigenvalue weighted by Gasteiger charge is 2.00. The van der Waals surface area contributed by atoms with Gasteiger partial charge in [-0.25, -0.2) is 9.79 Å². The topological polar surface area (TPSA) is 46.5 Å². The van der Waals surface area contributed by atoms with E-state index in [2.05, 4.69) is 4.99 Å². The summed E-state index contributed by atoms with van der Waals surface area (Å²) < 4.78 is 6.64. The molecule has 0 heterocycles. The fourth-order valence-corrected chi connectivity index (χ4v) is 0.465. The summed E-state index contributed by atoms with van der Waals surface area (Å²) in [5.74, 6) is -0.202. The molecule has 0 fully saturated rings. The van der Waals surface area contributed by atoms with Crippen LogP contribution in [0.3, 0.4) is 0 Å². The highest BCUT2D eigenvalue weighted by molar-refractivity contribution is 5.76. The van der Waals surface area contributed by atoms with Gasteiger partial charge in [-0.05, 0) is 13.8 Å². The molecule has 0 saturated heterocycles. The van der Waals surface area contributed by atoms with E-state index in [4.69, 9.17) is 1.37 Å². The lowest BCUT2D eigenvalue weighted by atomic mass is 10.2. The molecule has 0 aromatic rings. The Bertz CT molecular complexity index is 163. The highest BCUT2D eigenvalue weighted by atomic mass is 16.1. The first-order valence-corrected chi connectivity index (χ1v) is 2.58. The van der Waals surface area contributed by atoms with E-state index in [1.54, 1.807) is 6.92 Å². The zero-order valence-electron chi connectivity index (χ0n) is 6.26. The van der Waals surface area contributed by atoms with Gasteiger partial charge in [0.05, 0.1) is 6.04 Å². The van der Waals surface area contributed by atoms with Crippen LogP contribution < -0.4 is 0 Å². The van der Waals surface area contributed by atoms with Gasteiger partial charge in [0.1, 0.15) is 5.78 Å². The molecule has 0 aliphatic carbocycles. The maximum absolute atomic E-state index is 10.5. The average molecular weight is 128 g/mol. The van der Waals surface area contributed by atoms with Crippen LogP contribution in [0.25, 0.3) is 0 Å². The summed E-state index contributed by atoms with van der Waals surface area (Å²) >= 11 is 0. The molecule has 1 atom stereocenters. The third kappa shape index (κ3) is 4.91. The molecule has 50 valence electrons. The van der Waals surface area contributed by atoms with Crippen LogP contribution in [0.5, 0.6) is 0 Å². The van der Waals surface area contributed by atoms with Gasteiger partial charge in [0, 0.05) is 7.79 Å². The van der Waals surface area contributed by atoms with Crippen molar-refractivity contribution < 1.29 is 11.0 Å². The van der Waals surface area contributed by atoms with Crippen molar-refractivity contribution in [1.82, 2.24) is 0 Å². The zero-order chi connectivity index (χ0) is 7.98. The highest BCUT2D eigenvalue weighted by Crippen LogP contribution is 1.94. The van der Waals surface area contributed by atoms with E-state index in [1.807, 2.05) is 0 Å². The second-order valence-corrected chi connectivity index (χ2v) is 1.81. The van der Waals surface area contributed by atoms with Gasteiger partial charge in [0.2, 0.25) is 6.08 Å². The third-order valence-electron chi connectivity index (χ3n) is 0.796. The second-order valence-electron chi connectivity index (χ2n) is 1.81. The number of rotatable bonds is 3. The number of nitrogens with zero attached hydrogens (tertiary/aromatic N) is 1. The van der Waals surface area contributed by atoms with Crippen LogP contribution in [0.15, 0.2) is 4.99 Å². The predicted molar refractivity (Wildman–Crippen MR) is 32.9 cm³/mol. The molecule has 0 aliphatic heterocycles. The number of aliphatic imine (C=N–C) groups is 1. The third-order valence-corrected chi connectivity index (χ3v) is 0.796. The number of hydrogen-bond acceptors (Lipinski definition) is 3. The SMILES string of the molecule is [2H]CC(=O)CC(C)N=C=O. The van der Waals surface area contributed by atoms with Gasteiger partial charge in [-0.3, -0.25) is 4.79 Å². The molecule has 9 heavy (non-hydrogen) atoms. The van der Waals surface area contributed by atoms with E-state index < -0.39 is 0 Å². The Kier molecular flexibility index (Phi) is 2.73. The molecule has 0 aliphatic rings. The van der Waals surface area contributed by atoms with Crippen LogP contribution in [0.4, 0.5) is 0 Å². The standard InChI is InChI=1S/C6H9NO2/c1-5(7-4-8)3-6(2)9/h5H,3H2,1-2H3/i2D. The number of Topliss-reactive ketones (excluding diaryl/α,β-unsaturated/α-hetero) is 1. The molecule has 0 aromatic carbocycles. The van der Waals surface area contributed by atoms with Gasteiger partial charge in [0.25, 0.3) is 0 Å². The normalized spacial score (nSPS) is 13.2. The van der Waals surface area contributed by atoms with Gasteiger partial charge in [-0.1, -0.05) is 0 Å². The second kappa shape index (κ2) is 3.98. The molecular weight excluding hydrogens is 118 g/mol. The lowest BCUT2D eigenvalue weighted by Gasteiger charge is -1.96. The summed E-state index contributed by atoms with van der Waals surface area (Å²) in [6.07, 6.45) is 1.52. The van der Waals surface area contributed by atoms with Crippen molar-refractivity contribution in [1.29, 1.82) is 0 Å². The molecule has 0 rings (SSSR count). The van der Waals surface area contributed by atoms with Crippen molar-refractivity contribution in [2.45, 2.75) is 26.3 Å². The smallest absolute Gasteiger partial charge is 0.235 e. The quantitative estimate of drug-likeness (QED) is 0.414. The van der Waals surface area contributed by atoms with E-state index >= 15 is 0 Å². The molecule has 0 N–H and O–H groups in total. The molecule has 0 radical (unpaired) electrons. The summed E-state index contributed by atoms with van der Waals surface area (Å²) in [6.45, 7) is 1.40. The van der Waals surface area contributed by atoms with Gasteiger partial charge >= 0.3 is 0 Å². The average Bonchev–Trinajstić information content (AvgIpc) is 1.88. The van der Waals surface area contributed by atoms with Gasteiger partial charge in [-0.15, -0.1) is 0 Å². The molecule has 0 saturated carbocycles. The van der Waals surface area contributed by atoms with E-state index in [-0.39, 0.29) is 25.1 Å². The Labute approximate surface area is 55.2 Å². The summed E-state index contributed by atoms with van der Waals surface area (Å²) in [6, 6.07) is -0.324. The maximum Gasteiger partial charge on any atom is 0.235 e. The Morgan fingerprint density at radius 2 is 2.67 bits per heavy atom. The van der Waals surface area contributed by atoms with Crippen LogP contribution in [0.2, 0.25) is 0 Å². The first-order valence-electron chi connectivity index (χ1n) is 3.29. The lowest BCUT2D eigenvalue weighted by molar-refractivity contribution is -0.117. The zero-order valence-corrected chi connectivity index (χ0v) is 5.26. The van der Waals surface area contributed by atoms with Crippen molar-refractivity contribution in [3.63, 3.8) is 0 Å². The Hall–Kier alpha value is -0.950. The summed E-state index contributed by atoms with van der Waals surface area (Å²) in [7, 11) is 0. The summed E-state index contributed by atoms with van der Waals surface area (Å²) in [5.41, 5.74) is 0. The van der Waals surface area contributed by atoms with Crippen LogP contribution >= 0.6 is 0 Å². The van der Waals surface area contributed by atoms with Crippen LogP contribution in [-0.2, 0) is 9.59 Å². The molecule has 3 heteroatoms. The minimum absolute atomic E-state index is 0.165. The number of ketones is 1. The largest absolute Gasteiger partial charge is 0.300 e. The molecule has 0 amide bonds. The monoisotopic (exact) mass is 128 g/mol. The first-order chi connectivity index (χ1) is 4.70. The Balaban J connectivity index is 3.67. The fourth-order valence-electron chi connectivity index (χ4n) is 0.465. The number of carbonyl (C=O) groups is 1. The van der Waals surface area contributed by atoms with Crippen molar-refractivity contribution >= 4 is 11.9 Å². The molecule has 3 nitrogen and oxygen atoms in total. The molecule has 1 unspecified atom stereocenters. The Morgan fingerprint density at radius 1 is 2.00 bits per heavy atom. The van der Waals surface area contributed by atoms with Crippen LogP contribution in [0.1, 0.15) is 21.6 Å². The minimum atomic E-state index is -0.324. The van der Waals surface area contributed by atoms with Crippen LogP contribution in [0, 0.1) is 0 Å². The fraction of sp³-hybridized carbons (Fsp3) is 0.667. The van der Waals surface area contributed by atoms with E-state index in [9.17, 15) is 9.59 Å². The number of isocyanates is 1. The van der Waals surface area contributed by atoms with Gasteiger partial charge < -0.3 is 0 Å². The molecule has 0 spiro atoms. The van der Waals surface area contributed by atoms with Gasteiger partial charge in [-0.2, -0.15) is 0 Å². The predicted octanol–water partition coefficient (Wildman–Crippen LogP) is 0.690. The van der Waals surface area contributed by atoms with E-state index in [1.165, 1.54) is 6.08 Å². The lowest BCUT2D eigenvalue weighted by Crippen LogP contribution is -2.03. The van der Waals surface area contributed by atoms with Crippen molar-refractivity contribution in [2.75, 3.05) is 0 Å². The first kappa shape index (κ1) is 6.17. The van der Waals surface area contributed by atoms with Crippen LogP contribution in [-0.4, -0.2) is 17.9 Å². The molecular formula is C6H9NO2. The summed E-state index contributed by atoms with van der Waals surface area (Å²) in [5, 5.41) is 0. The Morgan fingerprint density at radius 3 is 3.11 bits per heavy atom. The van der Waals surface area contributed by atoms with Crippen molar-refractivity contribution in [3.05, 3.63) is 0 Å². The number of hydrogen-bond donors (Lipinski definition) is 0.